The summed E-state index contributed by atoms with van der Waals surface area (Å²) >= 11 is 1.64. The Morgan fingerprint density at radius 2 is 2.15 bits per heavy atom. The highest BCUT2D eigenvalue weighted by atomic mass is 32.1. The fourth-order valence-electron chi connectivity index (χ4n) is 1.94. The van der Waals surface area contributed by atoms with E-state index in [4.69, 9.17) is 0 Å². The quantitative estimate of drug-likeness (QED) is 0.733. The van der Waals surface area contributed by atoms with Gasteiger partial charge in [0.05, 0.1) is 0 Å². The van der Waals surface area contributed by atoms with Crippen molar-refractivity contribution in [3.05, 3.63) is 21.9 Å². The van der Waals surface area contributed by atoms with E-state index in [2.05, 4.69) is 5.32 Å². The van der Waals surface area contributed by atoms with Crippen LogP contribution in [0.2, 0.25) is 0 Å². The zero-order valence-electron chi connectivity index (χ0n) is 7.77. The number of hydrogen-bond donors (Lipinski definition) is 1. The first-order chi connectivity index (χ1) is 6.22. The molecule has 2 rings (SSSR count). The third-order valence-electron chi connectivity index (χ3n) is 2.74. The fourth-order valence-corrected chi connectivity index (χ4v) is 2.73. The number of hydrogen-bond acceptors (Lipinski definition) is 2. The third-order valence-corrected chi connectivity index (χ3v) is 3.58. The third kappa shape index (κ3) is 1.63. The molecule has 1 aliphatic heterocycles. The molecule has 1 nitrogen and oxygen atoms in total. The van der Waals surface area contributed by atoms with Gasteiger partial charge in [-0.15, -0.1) is 11.3 Å². The highest BCUT2D eigenvalue weighted by molar-refractivity contribution is 7.10. The van der Waals surface area contributed by atoms with Crippen molar-refractivity contribution in [1.29, 1.82) is 0 Å². The Balaban J connectivity index is 2.27. The van der Waals surface area contributed by atoms with Gasteiger partial charge in [0, 0.05) is 10.4 Å². The van der Waals surface area contributed by atoms with Crippen LogP contribution in [0.15, 0.2) is 11.4 Å². The Labute approximate surface area is 82.0 Å². The van der Waals surface area contributed by atoms with Crippen LogP contribution in [0, 0.1) is 6.92 Å². The summed E-state index contributed by atoms with van der Waals surface area (Å²) in [6.45, 7) is 3.60. The standard InChI is InChI=1S/C10H14FNS/c1-8-9(2-7-13-8)10(11)3-5-12-6-4-10/h2,7,12H,3-6H2,1H3. The first-order valence-electron chi connectivity index (χ1n) is 4.67. The Morgan fingerprint density at radius 1 is 1.46 bits per heavy atom. The van der Waals surface area contributed by atoms with E-state index >= 15 is 0 Å². The number of rotatable bonds is 1. The van der Waals surface area contributed by atoms with Crippen molar-refractivity contribution in [3.63, 3.8) is 0 Å². The summed E-state index contributed by atoms with van der Waals surface area (Å²) in [6.07, 6.45) is 1.23. The highest BCUT2D eigenvalue weighted by Crippen LogP contribution is 2.38. The molecule has 1 aromatic rings. The van der Waals surface area contributed by atoms with Gasteiger partial charge in [-0.05, 0) is 44.3 Å². The SMILES string of the molecule is Cc1sccc1C1(F)CCNCC1. The van der Waals surface area contributed by atoms with E-state index < -0.39 is 5.67 Å². The number of piperidine rings is 1. The molecule has 1 aliphatic rings. The number of halogens is 1. The van der Waals surface area contributed by atoms with Crippen LogP contribution in [0.1, 0.15) is 23.3 Å². The lowest BCUT2D eigenvalue weighted by Gasteiger charge is -2.30. The number of thiophene rings is 1. The molecule has 3 heteroatoms. The van der Waals surface area contributed by atoms with Crippen LogP contribution < -0.4 is 5.32 Å². The van der Waals surface area contributed by atoms with Crippen molar-refractivity contribution in [3.8, 4) is 0 Å². The van der Waals surface area contributed by atoms with E-state index in [0.717, 1.165) is 23.5 Å². The van der Waals surface area contributed by atoms with Crippen LogP contribution >= 0.6 is 11.3 Å². The molecule has 0 saturated carbocycles. The van der Waals surface area contributed by atoms with E-state index in [1.54, 1.807) is 11.3 Å². The van der Waals surface area contributed by atoms with Gasteiger partial charge < -0.3 is 5.32 Å². The highest BCUT2D eigenvalue weighted by Gasteiger charge is 2.35. The van der Waals surface area contributed by atoms with Crippen LogP contribution in [-0.2, 0) is 5.67 Å². The van der Waals surface area contributed by atoms with Gasteiger partial charge in [-0.3, -0.25) is 0 Å². The van der Waals surface area contributed by atoms with Crippen molar-refractivity contribution in [1.82, 2.24) is 5.32 Å². The van der Waals surface area contributed by atoms with E-state index in [0.29, 0.717) is 12.8 Å². The average molecular weight is 199 g/mol. The van der Waals surface area contributed by atoms with Crippen molar-refractivity contribution in [2.45, 2.75) is 25.4 Å². The van der Waals surface area contributed by atoms with Gasteiger partial charge in [0.25, 0.3) is 0 Å². The molecule has 72 valence electrons. The van der Waals surface area contributed by atoms with E-state index in [-0.39, 0.29) is 0 Å². The van der Waals surface area contributed by atoms with Gasteiger partial charge >= 0.3 is 0 Å². The predicted octanol–water partition coefficient (Wildman–Crippen LogP) is 2.60. The second-order valence-corrected chi connectivity index (χ2v) is 4.73. The summed E-state index contributed by atoms with van der Waals surface area (Å²) < 4.78 is 14.4. The van der Waals surface area contributed by atoms with Gasteiger partial charge in [0.2, 0.25) is 0 Å². The molecule has 2 heterocycles. The zero-order chi connectivity index (χ0) is 9.31. The van der Waals surface area contributed by atoms with Crippen molar-refractivity contribution in [2.75, 3.05) is 13.1 Å². The Bertz CT molecular complexity index is 289. The zero-order valence-corrected chi connectivity index (χ0v) is 8.59. The number of aryl methyl sites for hydroxylation is 1. The Hall–Kier alpha value is -0.410. The molecule has 1 fully saturated rings. The maximum absolute atomic E-state index is 14.4. The first kappa shape index (κ1) is 9.16. The molecule has 13 heavy (non-hydrogen) atoms. The lowest BCUT2D eigenvalue weighted by atomic mass is 9.87. The van der Waals surface area contributed by atoms with Crippen LogP contribution in [0.4, 0.5) is 4.39 Å². The summed E-state index contributed by atoms with van der Waals surface area (Å²) in [7, 11) is 0. The summed E-state index contributed by atoms with van der Waals surface area (Å²) in [6, 6.07) is 1.94. The summed E-state index contributed by atoms with van der Waals surface area (Å²) in [5.74, 6) is 0. The normalized spacial score (nSPS) is 21.7. The van der Waals surface area contributed by atoms with Crippen LogP contribution in [0.5, 0.6) is 0 Å². The molecule has 0 aromatic carbocycles. The van der Waals surface area contributed by atoms with Gasteiger partial charge in [-0.2, -0.15) is 0 Å². The fraction of sp³-hybridized carbons (Fsp3) is 0.600. The van der Waals surface area contributed by atoms with Gasteiger partial charge in [-0.1, -0.05) is 0 Å². The minimum Gasteiger partial charge on any atom is -0.316 e. The molecular formula is C10H14FNS. The predicted molar refractivity (Wildman–Crippen MR) is 53.9 cm³/mol. The Kier molecular flexibility index (Phi) is 2.39. The molecular weight excluding hydrogens is 185 g/mol. The molecule has 0 bridgehead atoms. The molecule has 1 saturated heterocycles. The molecule has 0 spiro atoms. The topological polar surface area (TPSA) is 12.0 Å². The smallest absolute Gasteiger partial charge is 0.139 e. The van der Waals surface area contributed by atoms with E-state index in [1.807, 2.05) is 18.4 Å². The molecule has 0 radical (unpaired) electrons. The van der Waals surface area contributed by atoms with Crippen LogP contribution in [-0.4, -0.2) is 13.1 Å². The van der Waals surface area contributed by atoms with Gasteiger partial charge in [0.15, 0.2) is 0 Å². The van der Waals surface area contributed by atoms with Gasteiger partial charge in [-0.25, -0.2) is 4.39 Å². The first-order valence-corrected chi connectivity index (χ1v) is 5.54. The van der Waals surface area contributed by atoms with Crippen molar-refractivity contribution < 1.29 is 4.39 Å². The van der Waals surface area contributed by atoms with Gasteiger partial charge in [0.1, 0.15) is 5.67 Å². The maximum atomic E-state index is 14.4. The molecule has 0 atom stereocenters. The van der Waals surface area contributed by atoms with Crippen LogP contribution in [0.3, 0.4) is 0 Å². The summed E-state index contributed by atoms with van der Waals surface area (Å²) in [4.78, 5) is 1.13. The number of alkyl halides is 1. The summed E-state index contributed by atoms with van der Waals surface area (Å²) in [5, 5.41) is 5.16. The molecule has 1 aromatic heterocycles. The largest absolute Gasteiger partial charge is 0.316 e. The second kappa shape index (κ2) is 3.39. The molecule has 0 amide bonds. The molecule has 0 aliphatic carbocycles. The van der Waals surface area contributed by atoms with Crippen LogP contribution in [0.25, 0.3) is 0 Å². The average Bonchev–Trinajstić information content (AvgIpc) is 2.53. The van der Waals surface area contributed by atoms with Crippen molar-refractivity contribution in [2.24, 2.45) is 0 Å². The second-order valence-electron chi connectivity index (χ2n) is 3.61. The lowest BCUT2D eigenvalue weighted by Crippen LogP contribution is -2.36. The molecule has 0 unspecified atom stereocenters. The van der Waals surface area contributed by atoms with E-state index in [9.17, 15) is 4.39 Å². The summed E-state index contributed by atoms with van der Waals surface area (Å²) in [5.41, 5.74) is -0.144. The monoisotopic (exact) mass is 199 g/mol. The maximum Gasteiger partial charge on any atom is 0.139 e. The van der Waals surface area contributed by atoms with E-state index in [1.165, 1.54) is 0 Å². The van der Waals surface area contributed by atoms with Crippen molar-refractivity contribution >= 4 is 11.3 Å². The minimum absolute atomic E-state index is 0.616. The molecule has 1 N–H and O–H groups in total. The number of nitrogens with one attached hydrogen (secondary N) is 1. The Morgan fingerprint density at radius 3 is 2.69 bits per heavy atom. The lowest BCUT2D eigenvalue weighted by molar-refractivity contribution is 0.115. The minimum atomic E-state index is -1.06.